The summed E-state index contributed by atoms with van der Waals surface area (Å²) in [6, 6.07) is 1.23. The maximum Gasteiger partial charge on any atom is 0.352 e. The summed E-state index contributed by atoms with van der Waals surface area (Å²) in [4.78, 5) is 17.7. The molecule has 0 aromatic carbocycles. The minimum Gasteiger partial charge on any atom is -0.394 e. The third-order valence-electron chi connectivity index (χ3n) is 2.95. The lowest BCUT2D eigenvalue weighted by Crippen LogP contribution is -2.49. The topological polar surface area (TPSA) is 180 Å². The lowest BCUT2D eigenvalue weighted by atomic mass is 10.1. The van der Waals surface area contributed by atoms with Crippen LogP contribution in [-0.2, 0) is 10.6 Å². The highest BCUT2D eigenvalue weighted by atomic mass is 16.6. The maximum atomic E-state index is 11.8. The van der Waals surface area contributed by atoms with E-state index in [0.29, 0.717) is 4.57 Å². The highest BCUT2D eigenvalue weighted by Crippen LogP contribution is 2.36. The molecule has 1 saturated heterocycles. The molecule has 11 nitrogen and oxygen atoms in total. The van der Waals surface area contributed by atoms with Crippen LogP contribution >= 0.6 is 0 Å². The van der Waals surface area contributed by atoms with Gasteiger partial charge in [0, 0.05) is 11.1 Å². The van der Waals surface area contributed by atoms with Crippen molar-refractivity contribution < 1.29 is 20.1 Å². The summed E-state index contributed by atoms with van der Waals surface area (Å²) in [6.07, 6.45) is -3.43. The van der Waals surface area contributed by atoms with Gasteiger partial charge in [0.15, 0.2) is 0 Å². The van der Waals surface area contributed by atoms with Gasteiger partial charge in [0.1, 0.15) is 24.1 Å². The van der Waals surface area contributed by atoms with Gasteiger partial charge in [-0.3, -0.25) is 4.57 Å². The van der Waals surface area contributed by atoms with E-state index >= 15 is 0 Å². The van der Waals surface area contributed by atoms with Crippen LogP contribution in [0.2, 0.25) is 0 Å². The second kappa shape index (κ2) is 5.07. The first-order chi connectivity index (χ1) is 9.46. The number of aromatic nitrogens is 2. The van der Waals surface area contributed by atoms with Gasteiger partial charge >= 0.3 is 5.69 Å². The molecule has 5 N–H and O–H groups in total. The normalized spacial score (nSPS) is 32.9. The van der Waals surface area contributed by atoms with Crippen molar-refractivity contribution in [1.29, 1.82) is 0 Å². The van der Waals surface area contributed by atoms with E-state index in [1.54, 1.807) is 0 Å². The molecule has 0 amide bonds. The van der Waals surface area contributed by atoms with Gasteiger partial charge in [-0.2, -0.15) is 4.98 Å². The maximum absolute atomic E-state index is 11.8. The molecule has 1 fully saturated rings. The monoisotopic (exact) mass is 284 g/mol. The van der Waals surface area contributed by atoms with E-state index < -0.39 is 36.5 Å². The molecule has 0 spiro atoms. The Morgan fingerprint density at radius 2 is 2.35 bits per heavy atom. The van der Waals surface area contributed by atoms with Gasteiger partial charge in [0.2, 0.25) is 0 Å². The molecule has 1 aliphatic heterocycles. The van der Waals surface area contributed by atoms with E-state index in [2.05, 4.69) is 15.0 Å². The number of nitrogens with two attached hydrogens (primary N) is 1. The number of aliphatic hydroxyl groups is 3. The molecule has 1 aromatic heterocycles. The number of hydrogen-bond acceptors (Lipinski definition) is 8. The summed E-state index contributed by atoms with van der Waals surface area (Å²) in [7, 11) is 0. The molecule has 4 atom stereocenters. The summed E-state index contributed by atoms with van der Waals surface area (Å²) in [5.41, 5.74) is 13.0. The standard InChI is InChI=1S/C9H12N6O5/c10-5-1-2-15(8(19)12-5)9(13-14-11)7(18)6(17)4(3-16)20-9/h1-2,4,6-7,16-18H,3H2,(H2,10,12,19)/t4-,6-,7-,9+/m1/s1. The van der Waals surface area contributed by atoms with Crippen LogP contribution < -0.4 is 11.4 Å². The van der Waals surface area contributed by atoms with E-state index in [1.165, 1.54) is 6.07 Å². The van der Waals surface area contributed by atoms with E-state index in [9.17, 15) is 15.0 Å². The number of hydrogen-bond donors (Lipinski definition) is 4. The van der Waals surface area contributed by atoms with Crippen LogP contribution in [-0.4, -0.2) is 49.8 Å². The minimum atomic E-state index is -2.24. The molecule has 2 rings (SSSR count). The van der Waals surface area contributed by atoms with Gasteiger partial charge in [-0.1, -0.05) is 0 Å². The lowest BCUT2D eigenvalue weighted by Gasteiger charge is -2.28. The van der Waals surface area contributed by atoms with Gasteiger partial charge < -0.3 is 25.8 Å². The smallest absolute Gasteiger partial charge is 0.352 e. The highest BCUT2D eigenvalue weighted by molar-refractivity contribution is 5.24. The van der Waals surface area contributed by atoms with Crippen LogP contribution in [0.15, 0.2) is 22.2 Å². The minimum absolute atomic E-state index is 0.0749. The Bertz CT molecular complexity index is 613. The van der Waals surface area contributed by atoms with Gasteiger partial charge in [-0.25, -0.2) is 4.79 Å². The van der Waals surface area contributed by atoms with Crippen molar-refractivity contribution in [3.8, 4) is 0 Å². The predicted octanol–water partition coefficient (Wildman–Crippen LogP) is -2.14. The van der Waals surface area contributed by atoms with E-state index in [1.807, 2.05) is 0 Å². The average molecular weight is 284 g/mol. The van der Waals surface area contributed by atoms with Gasteiger partial charge in [0.05, 0.1) is 6.61 Å². The van der Waals surface area contributed by atoms with Crippen LogP contribution in [0.3, 0.4) is 0 Å². The second-order valence-electron chi connectivity index (χ2n) is 4.13. The number of rotatable bonds is 3. The Hall–Kier alpha value is -2.17. The molecule has 11 heteroatoms. The first kappa shape index (κ1) is 14.2. The van der Waals surface area contributed by atoms with Gasteiger partial charge in [0.25, 0.3) is 5.85 Å². The molecular weight excluding hydrogens is 272 g/mol. The average Bonchev–Trinajstić information content (AvgIpc) is 2.65. The summed E-state index contributed by atoms with van der Waals surface area (Å²) in [6.45, 7) is -0.641. The summed E-state index contributed by atoms with van der Waals surface area (Å²) >= 11 is 0. The van der Waals surface area contributed by atoms with Crippen LogP contribution in [0.5, 0.6) is 0 Å². The molecule has 0 saturated carbocycles. The molecule has 0 aliphatic carbocycles. The fraction of sp³-hybridized carbons (Fsp3) is 0.556. The van der Waals surface area contributed by atoms with Crippen LogP contribution in [0.1, 0.15) is 0 Å². The lowest BCUT2D eigenvalue weighted by molar-refractivity contribution is -0.145. The third-order valence-corrected chi connectivity index (χ3v) is 2.95. The number of azide groups is 1. The number of nitrogen functional groups attached to an aromatic ring is 1. The summed E-state index contributed by atoms with van der Waals surface area (Å²) in [5, 5.41) is 32.1. The number of aliphatic hydroxyl groups excluding tert-OH is 3. The Labute approximate surface area is 111 Å². The molecule has 0 unspecified atom stereocenters. The van der Waals surface area contributed by atoms with Crippen molar-refractivity contribution in [2.75, 3.05) is 12.3 Å². The van der Waals surface area contributed by atoms with Gasteiger partial charge in [-0.05, 0) is 16.7 Å². The molecule has 0 bridgehead atoms. The zero-order valence-corrected chi connectivity index (χ0v) is 10.1. The SMILES string of the molecule is [N-]=[N+]=N[C@@]1(n2ccc(N)nc2=O)O[C@H](CO)[C@@H](O)[C@H]1O. The van der Waals surface area contributed by atoms with Crippen LogP contribution in [0.25, 0.3) is 10.4 Å². The Morgan fingerprint density at radius 3 is 2.85 bits per heavy atom. The van der Waals surface area contributed by atoms with Crippen molar-refractivity contribution >= 4 is 5.82 Å². The Kier molecular flexibility index (Phi) is 3.61. The van der Waals surface area contributed by atoms with Crippen molar-refractivity contribution in [2.24, 2.45) is 5.11 Å². The largest absolute Gasteiger partial charge is 0.394 e. The van der Waals surface area contributed by atoms with E-state index in [4.69, 9.17) is 21.1 Å². The zero-order valence-electron chi connectivity index (χ0n) is 10.1. The fourth-order valence-electron chi connectivity index (χ4n) is 1.99. The fourth-order valence-corrected chi connectivity index (χ4v) is 1.99. The number of anilines is 1. The zero-order chi connectivity index (χ0) is 14.9. The Balaban J connectivity index is 2.62. The predicted molar refractivity (Wildman–Crippen MR) is 64.0 cm³/mol. The third kappa shape index (κ3) is 1.99. The van der Waals surface area contributed by atoms with Gasteiger partial charge in [-0.15, -0.1) is 0 Å². The number of nitrogens with zero attached hydrogens (tertiary/aromatic N) is 5. The van der Waals surface area contributed by atoms with E-state index in [0.717, 1.165) is 6.20 Å². The molecule has 20 heavy (non-hydrogen) atoms. The number of ether oxygens (including phenoxy) is 1. The first-order valence-corrected chi connectivity index (χ1v) is 5.53. The quantitative estimate of drug-likeness (QED) is 0.277. The van der Waals surface area contributed by atoms with Crippen LogP contribution in [0, 0.1) is 0 Å². The summed E-state index contributed by atoms with van der Waals surface area (Å²) in [5.74, 6) is -2.31. The summed E-state index contributed by atoms with van der Waals surface area (Å²) < 4.78 is 5.88. The van der Waals surface area contributed by atoms with Crippen molar-refractivity contribution in [1.82, 2.24) is 9.55 Å². The highest BCUT2D eigenvalue weighted by Gasteiger charge is 2.56. The molecule has 1 aromatic rings. The molecule has 1 aliphatic rings. The second-order valence-corrected chi connectivity index (χ2v) is 4.13. The molecule has 2 heterocycles. The molecular formula is C9H12N6O5. The van der Waals surface area contributed by atoms with Crippen molar-refractivity contribution in [3.05, 3.63) is 33.2 Å². The van der Waals surface area contributed by atoms with E-state index in [-0.39, 0.29) is 5.82 Å². The molecule has 108 valence electrons. The van der Waals surface area contributed by atoms with Crippen LogP contribution in [0.4, 0.5) is 5.82 Å². The van der Waals surface area contributed by atoms with Crippen molar-refractivity contribution in [3.63, 3.8) is 0 Å². The molecule has 0 radical (unpaired) electrons. The Morgan fingerprint density at radius 1 is 1.65 bits per heavy atom. The first-order valence-electron chi connectivity index (χ1n) is 5.53. The van der Waals surface area contributed by atoms with Crippen molar-refractivity contribution in [2.45, 2.75) is 24.2 Å².